The molecule has 1 aliphatic rings. The van der Waals surface area contributed by atoms with Crippen LogP contribution in [0.3, 0.4) is 0 Å². The number of aromatic nitrogens is 1. The second kappa shape index (κ2) is 5.79. The summed E-state index contributed by atoms with van der Waals surface area (Å²) in [6.07, 6.45) is 1.26. The van der Waals surface area contributed by atoms with Gasteiger partial charge in [-0.1, -0.05) is 6.07 Å². The number of rotatable bonds is 4. The van der Waals surface area contributed by atoms with Crippen LogP contribution >= 0.6 is 0 Å². The minimum absolute atomic E-state index is 0.410. The first kappa shape index (κ1) is 12.8. The molecule has 1 amide bonds. The highest BCUT2D eigenvalue weighted by Crippen LogP contribution is 2.12. The number of amides is 1. The van der Waals surface area contributed by atoms with Gasteiger partial charge < -0.3 is 15.2 Å². The summed E-state index contributed by atoms with van der Waals surface area (Å²) in [5, 5.41) is 0. The Balaban J connectivity index is 1.93. The fourth-order valence-corrected chi connectivity index (χ4v) is 1.90. The molecule has 98 valence electrons. The average Bonchev–Trinajstić information content (AvgIpc) is 2.40. The van der Waals surface area contributed by atoms with Gasteiger partial charge in [0, 0.05) is 31.9 Å². The molecule has 6 heteroatoms. The Morgan fingerprint density at radius 1 is 1.67 bits per heavy atom. The minimum Gasteiger partial charge on any atom is -0.481 e. The topological polar surface area (TPSA) is 77.7 Å². The molecule has 0 spiro atoms. The summed E-state index contributed by atoms with van der Waals surface area (Å²) in [6.45, 7) is 2.57. The molecule has 0 aliphatic carbocycles. The van der Waals surface area contributed by atoms with Gasteiger partial charge in [0.25, 0.3) is 0 Å². The zero-order valence-electron chi connectivity index (χ0n) is 10.3. The number of pyridine rings is 1. The van der Waals surface area contributed by atoms with E-state index in [9.17, 15) is 4.79 Å². The van der Waals surface area contributed by atoms with E-state index in [1.165, 1.54) is 0 Å². The van der Waals surface area contributed by atoms with Crippen LogP contribution in [0, 0.1) is 0 Å². The smallest absolute Gasteiger partial charge is 0.247 e. The standard InChI is InChI=1S/C12H17N3O3/c1-17-11-3-2-9(6-14-11)7-15-4-5-18-10(8-15)12(13)16/h2-3,6,10H,4-5,7-8H2,1H3,(H2,13,16)/t10-/m0/s1. The third kappa shape index (κ3) is 3.18. The summed E-state index contributed by atoms with van der Waals surface area (Å²) in [5.74, 6) is 0.184. The predicted molar refractivity (Wildman–Crippen MR) is 65.0 cm³/mol. The molecule has 1 saturated heterocycles. The normalized spacial score (nSPS) is 20.6. The lowest BCUT2D eigenvalue weighted by Crippen LogP contribution is -2.47. The molecule has 1 aromatic heterocycles. The maximum atomic E-state index is 11.1. The van der Waals surface area contributed by atoms with E-state index in [0.29, 0.717) is 19.0 Å². The van der Waals surface area contributed by atoms with E-state index in [2.05, 4.69) is 9.88 Å². The fraction of sp³-hybridized carbons (Fsp3) is 0.500. The van der Waals surface area contributed by atoms with Crippen LogP contribution in [0.25, 0.3) is 0 Å². The van der Waals surface area contributed by atoms with Gasteiger partial charge >= 0.3 is 0 Å². The van der Waals surface area contributed by atoms with Crippen molar-refractivity contribution in [3.8, 4) is 5.88 Å². The van der Waals surface area contributed by atoms with Gasteiger partial charge in [0.05, 0.1) is 13.7 Å². The second-order valence-electron chi connectivity index (χ2n) is 4.21. The highest BCUT2D eigenvalue weighted by molar-refractivity contribution is 5.79. The van der Waals surface area contributed by atoms with Crippen molar-refractivity contribution >= 4 is 5.91 Å². The molecule has 1 fully saturated rings. The number of hydrogen-bond acceptors (Lipinski definition) is 5. The number of nitrogens with two attached hydrogens (primary N) is 1. The SMILES string of the molecule is COc1ccc(CN2CCO[C@H](C(N)=O)C2)cn1. The van der Waals surface area contributed by atoms with E-state index >= 15 is 0 Å². The van der Waals surface area contributed by atoms with Crippen LogP contribution in [0.15, 0.2) is 18.3 Å². The van der Waals surface area contributed by atoms with Crippen LogP contribution in [0.5, 0.6) is 5.88 Å². The first-order chi connectivity index (χ1) is 8.69. The van der Waals surface area contributed by atoms with Crippen molar-refractivity contribution in [1.82, 2.24) is 9.88 Å². The van der Waals surface area contributed by atoms with Crippen molar-refractivity contribution in [1.29, 1.82) is 0 Å². The van der Waals surface area contributed by atoms with Crippen LogP contribution < -0.4 is 10.5 Å². The number of morpholine rings is 1. The molecule has 0 bridgehead atoms. The van der Waals surface area contributed by atoms with E-state index < -0.39 is 12.0 Å². The Labute approximate surface area is 106 Å². The summed E-state index contributed by atoms with van der Waals surface area (Å²) < 4.78 is 10.3. The molecule has 2 N–H and O–H groups in total. The summed E-state index contributed by atoms with van der Waals surface area (Å²) in [4.78, 5) is 17.3. The van der Waals surface area contributed by atoms with Gasteiger partial charge in [-0.05, 0) is 5.56 Å². The number of ether oxygens (including phenoxy) is 2. The van der Waals surface area contributed by atoms with E-state index in [4.69, 9.17) is 15.2 Å². The van der Waals surface area contributed by atoms with Crippen molar-refractivity contribution in [3.63, 3.8) is 0 Å². The molecular weight excluding hydrogens is 234 g/mol. The van der Waals surface area contributed by atoms with Crippen LogP contribution in [0.2, 0.25) is 0 Å². The van der Waals surface area contributed by atoms with Gasteiger partial charge in [-0.25, -0.2) is 4.98 Å². The monoisotopic (exact) mass is 251 g/mol. The van der Waals surface area contributed by atoms with Crippen LogP contribution in [-0.4, -0.2) is 48.7 Å². The van der Waals surface area contributed by atoms with Gasteiger partial charge in [0.1, 0.15) is 6.10 Å². The van der Waals surface area contributed by atoms with Crippen molar-refractivity contribution in [2.45, 2.75) is 12.6 Å². The maximum Gasteiger partial charge on any atom is 0.247 e. The quantitative estimate of drug-likeness (QED) is 0.800. The van der Waals surface area contributed by atoms with Crippen LogP contribution in [0.4, 0.5) is 0 Å². The molecular formula is C12H17N3O3. The molecule has 0 unspecified atom stereocenters. The predicted octanol–water partition coefficient (Wildman–Crippen LogP) is -0.224. The van der Waals surface area contributed by atoms with Gasteiger partial charge in [0.15, 0.2) is 0 Å². The molecule has 18 heavy (non-hydrogen) atoms. The average molecular weight is 251 g/mol. The zero-order chi connectivity index (χ0) is 13.0. The summed E-state index contributed by atoms with van der Waals surface area (Å²) >= 11 is 0. The molecule has 2 rings (SSSR count). The van der Waals surface area contributed by atoms with Gasteiger partial charge in [-0.2, -0.15) is 0 Å². The van der Waals surface area contributed by atoms with Gasteiger partial charge in [0.2, 0.25) is 11.8 Å². The largest absolute Gasteiger partial charge is 0.481 e. The third-order valence-electron chi connectivity index (χ3n) is 2.88. The Bertz CT molecular complexity index is 408. The Morgan fingerprint density at radius 3 is 3.11 bits per heavy atom. The highest BCUT2D eigenvalue weighted by Gasteiger charge is 2.24. The number of hydrogen-bond donors (Lipinski definition) is 1. The molecule has 0 radical (unpaired) electrons. The molecule has 0 aromatic carbocycles. The number of nitrogens with zero attached hydrogens (tertiary/aromatic N) is 2. The lowest BCUT2D eigenvalue weighted by Gasteiger charge is -2.31. The maximum absolute atomic E-state index is 11.1. The first-order valence-corrected chi connectivity index (χ1v) is 5.81. The molecule has 1 aromatic rings. The molecule has 2 heterocycles. The lowest BCUT2D eigenvalue weighted by molar-refractivity contribution is -0.135. The fourth-order valence-electron chi connectivity index (χ4n) is 1.90. The highest BCUT2D eigenvalue weighted by atomic mass is 16.5. The Kier molecular flexibility index (Phi) is 4.11. The Hall–Kier alpha value is -1.66. The Morgan fingerprint density at radius 2 is 2.50 bits per heavy atom. The van der Waals surface area contributed by atoms with Gasteiger partial charge in [-0.3, -0.25) is 9.69 Å². The third-order valence-corrected chi connectivity index (χ3v) is 2.88. The zero-order valence-corrected chi connectivity index (χ0v) is 10.3. The first-order valence-electron chi connectivity index (χ1n) is 5.81. The van der Waals surface area contributed by atoms with Crippen molar-refractivity contribution in [2.24, 2.45) is 5.73 Å². The number of carbonyl (C=O) groups excluding carboxylic acids is 1. The van der Waals surface area contributed by atoms with E-state index in [-0.39, 0.29) is 0 Å². The lowest BCUT2D eigenvalue weighted by atomic mass is 10.2. The van der Waals surface area contributed by atoms with Crippen LogP contribution in [-0.2, 0) is 16.1 Å². The van der Waals surface area contributed by atoms with Crippen molar-refractivity contribution in [2.75, 3.05) is 26.8 Å². The van der Waals surface area contributed by atoms with E-state index in [0.717, 1.165) is 18.7 Å². The van der Waals surface area contributed by atoms with Crippen LogP contribution in [0.1, 0.15) is 5.56 Å². The minimum atomic E-state index is -0.509. The van der Waals surface area contributed by atoms with Crippen molar-refractivity contribution < 1.29 is 14.3 Å². The molecule has 6 nitrogen and oxygen atoms in total. The molecule has 1 aliphatic heterocycles. The number of methoxy groups -OCH3 is 1. The van der Waals surface area contributed by atoms with E-state index in [1.54, 1.807) is 13.3 Å². The number of primary amides is 1. The van der Waals surface area contributed by atoms with E-state index in [1.807, 2.05) is 12.1 Å². The summed E-state index contributed by atoms with van der Waals surface area (Å²) in [5.41, 5.74) is 6.31. The second-order valence-corrected chi connectivity index (χ2v) is 4.21. The molecule has 0 saturated carbocycles. The number of carbonyl (C=O) groups is 1. The summed E-state index contributed by atoms with van der Waals surface area (Å²) in [6, 6.07) is 3.78. The van der Waals surface area contributed by atoms with Crippen molar-refractivity contribution in [3.05, 3.63) is 23.9 Å². The van der Waals surface area contributed by atoms with Gasteiger partial charge in [-0.15, -0.1) is 0 Å². The summed E-state index contributed by atoms with van der Waals surface area (Å²) in [7, 11) is 1.58. The molecule has 1 atom stereocenters.